The second-order valence-corrected chi connectivity index (χ2v) is 8.73. The molecule has 0 radical (unpaired) electrons. The van der Waals surface area contributed by atoms with Crippen molar-refractivity contribution in [2.75, 3.05) is 0 Å². The van der Waals surface area contributed by atoms with E-state index in [2.05, 4.69) is 106 Å². The number of hydrogen-bond acceptors (Lipinski definition) is 0. The molecule has 25 heavy (non-hydrogen) atoms. The van der Waals surface area contributed by atoms with Crippen molar-refractivity contribution in [3.05, 3.63) is 90.5 Å². The van der Waals surface area contributed by atoms with Gasteiger partial charge in [0.1, 0.15) is 0 Å². The molecule has 0 atom stereocenters. The maximum atomic E-state index is 2.30. The van der Waals surface area contributed by atoms with Gasteiger partial charge in [-0.15, -0.1) is 0 Å². The molecule has 0 heterocycles. The first kappa shape index (κ1) is 19.3. The van der Waals surface area contributed by atoms with Crippen LogP contribution in [-0.4, -0.2) is 0 Å². The van der Waals surface area contributed by atoms with Crippen LogP contribution in [0.15, 0.2) is 99.6 Å². The smallest absolute Gasteiger partial charge is 0.0683 e. The van der Waals surface area contributed by atoms with Crippen LogP contribution in [0, 0.1) is 0 Å². The van der Waals surface area contributed by atoms with Gasteiger partial charge < -0.3 is 0 Å². The van der Waals surface area contributed by atoms with E-state index in [1.807, 2.05) is 13.8 Å². The first-order valence-electron chi connectivity index (χ1n) is 9.01. The zero-order valence-corrected chi connectivity index (χ0v) is 16.8. The van der Waals surface area contributed by atoms with Gasteiger partial charge in [0.25, 0.3) is 0 Å². The summed E-state index contributed by atoms with van der Waals surface area (Å²) < 4.78 is 0. The Kier molecular flexibility index (Phi) is 6.90. The van der Waals surface area contributed by atoms with E-state index in [-0.39, 0.29) is 16.3 Å². The van der Waals surface area contributed by atoms with E-state index in [0.29, 0.717) is 0 Å². The van der Waals surface area contributed by atoms with Crippen LogP contribution in [0.1, 0.15) is 40.2 Å². The number of rotatable bonds is 3. The second kappa shape index (κ2) is 8.92. The van der Waals surface area contributed by atoms with Crippen LogP contribution in [0.5, 0.6) is 0 Å². The normalized spacial score (nSPS) is 11.0. The Morgan fingerprint density at radius 1 is 0.520 bits per heavy atom. The minimum atomic E-state index is -0.0497. The van der Waals surface area contributed by atoms with Gasteiger partial charge in [0.05, 0.1) is 10.9 Å². The van der Waals surface area contributed by atoms with Crippen LogP contribution in [-0.2, 0) is 16.3 Å². The Labute approximate surface area is 156 Å². The molecule has 0 aromatic heterocycles. The van der Waals surface area contributed by atoms with Crippen molar-refractivity contribution in [1.29, 1.82) is 0 Å². The predicted molar refractivity (Wildman–Crippen MR) is 112 cm³/mol. The molecule has 3 aromatic carbocycles. The molecule has 0 saturated carbocycles. The van der Waals surface area contributed by atoms with E-state index in [0.717, 1.165) is 0 Å². The Hall–Kier alpha value is -1.99. The zero-order valence-electron chi connectivity index (χ0n) is 16.0. The van der Waals surface area contributed by atoms with E-state index >= 15 is 0 Å². The van der Waals surface area contributed by atoms with Gasteiger partial charge in [0.2, 0.25) is 0 Å². The summed E-state index contributed by atoms with van der Waals surface area (Å²) in [5.41, 5.74) is 1.57. The third kappa shape index (κ3) is 4.99. The van der Waals surface area contributed by atoms with Crippen molar-refractivity contribution in [2.45, 2.75) is 54.7 Å². The van der Waals surface area contributed by atoms with E-state index in [4.69, 9.17) is 0 Å². The fourth-order valence-corrected chi connectivity index (χ4v) is 4.70. The summed E-state index contributed by atoms with van der Waals surface area (Å²) in [6, 6.07) is 30.7. The fraction of sp³-hybridized carbons (Fsp3) is 0.250. The third-order valence-electron chi connectivity index (χ3n) is 3.91. The molecule has 0 fully saturated rings. The van der Waals surface area contributed by atoms with Crippen molar-refractivity contribution >= 4 is 10.9 Å². The van der Waals surface area contributed by atoms with Crippen molar-refractivity contribution in [3.63, 3.8) is 0 Å². The molecule has 0 unspecified atom stereocenters. The van der Waals surface area contributed by atoms with Crippen LogP contribution in [0.3, 0.4) is 0 Å². The molecule has 0 bridgehead atoms. The molecule has 3 rings (SSSR count). The van der Waals surface area contributed by atoms with Gasteiger partial charge in [-0.1, -0.05) is 83.1 Å². The molecular weight excluding hydrogens is 320 g/mol. The van der Waals surface area contributed by atoms with E-state index in [1.165, 1.54) is 20.2 Å². The minimum Gasteiger partial charge on any atom is -0.0683 e. The lowest BCUT2D eigenvalue weighted by atomic mass is 9.87. The average Bonchev–Trinajstić information content (AvgIpc) is 2.65. The van der Waals surface area contributed by atoms with Crippen LogP contribution >= 0.6 is 0 Å². The Bertz CT molecular complexity index is 698. The van der Waals surface area contributed by atoms with E-state index in [9.17, 15) is 0 Å². The first-order valence-corrected chi connectivity index (χ1v) is 10.2. The highest BCUT2D eigenvalue weighted by molar-refractivity contribution is 7.97. The molecule has 1 heteroatoms. The fourth-order valence-electron chi connectivity index (χ4n) is 2.61. The molecule has 0 nitrogen and oxygen atoms in total. The summed E-state index contributed by atoms with van der Waals surface area (Å²) in [5.74, 6) is 0. The van der Waals surface area contributed by atoms with Crippen molar-refractivity contribution in [2.24, 2.45) is 0 Å². The van der Waals surface area contributed by atoms with Crippen LogP contribution in [0.4, 0.5) is 0 Å². The standard InChI is InChI=1S/C22H23S.C2H6/c1-22(2,3)18-14-16-21(17-15-18)23(19-10-6-4-7-11-19)20-12-8-5-9-13-20;1-2/h4-17H,1-3H3;1-2H3/q+1;. The summed E-state index contributed by atoms with van der Waals surface area (Å²) in [6.07, 6.45) is 0. The molecule has 3 aromatic rings. The molecule has 0 saturated heterocycles. The number of benzene rings is 3. The topological polar surface area (TPSA) is 0 Å². The second-order valence-electron chi connectivity index (χ2n) is 6.71. The Morgan fingerprint density at radius 2 is 0.880 bits per heavy atom. The lowest BCUT2D eigenvalue weighted by molar-refractivity contribution is 0.589. The highest BCUT2D eigenvalue weighted by Crippen LogP contribution is 2.32. The SMILES string of the molecule is CC.CC(C)(C)c1ccc([S+](c2ccccc2)c2ccccc2)cc1. The zero-order chi connectivity index (χ0) is 18.3. The van der Waals surface area contributed by atoms with Crippen LogP contribution in [0.2, 0.25) is 0 Å². The van der Waals surface area contributed by atoms with Crippen LogP contribution in [0.25, 0.3) is 0 Å². The van der Waals surface area contributed by atoms with Crippen molar-refractivity contribution in [1.82, 2.24) is 0 Å². The molecular formula is C24H29S+. The quantitative estimate of drug-likeness (QED) is 0.442. The third-order valence-corrected chi connectivity index (χ3v) is 6.14. The molecule has 0 spiro atoms. The van der Waals surface area contributed by atoms with Crippen molar-refractivity contribution in [3.8, 4) is 0 Å². The summed E-state index contributed by atoms with van der Waals surface area (Å²) in [6.45, 7) is 10.8. The lowest BCUT2D eigenvalue weighted by Crippen LogP contribution is -2.11. The average molecular weight is 350 g/mol. The molecule has 0 amide bonds. The van der Waals surface area contributed by atoms with Gasteiger partial charge in [-0.05, 0) is 47.4 Å². The van der Waals surface area contributed by atoms with E-state index < -0.39 is 0 Å². The molecule has 0 N–H and O–H groups in total. The molecule has 130 valence electrons. The molecule has 0 aliphatic carbocycles. The predicted octanol–water partition coefficient (Wildman–Crippen LogP) is 7.11. The maximum absolute atomic E-state index is 2.30. The summed E-state index contributed by atoms with van der Waals surface area (Å²) >= 11 is 0. The summed E-state index contributed by atoms with van der Waals surface area (Å²) in [5, 5.41) is 0. The monoisotopic (exact) mass is 349 g/mol. The summed E-state index contributed by atoms with van der Waals surface area (Å²) in [4.78, 5) is 4.10. The van der Waals surface area contributed by atoms with Gasteiger partial charge in [0.15, 0.2) is 14.7 Å². The van der Waals surface area contributed by atoms with Gasteiger partial charge >= 0.3 is 0 Å². The van der Waals surface area contributed by atoms with Crippen LogP contribution < -0.4 is 0 Å². The largest absolute Gasteiger partial charge is 0.166 e. The van der Waals surface area contributed by atoms with Gasteiger partial charge in [-0.25, -0.2) is 0 Å². The Balaban J connectivity index is 0.00000109. The van der Waals surface area contributed by atoms with Crippen molar-refractivity contribution < 1.29 is 0 Å². The highest BCUT2D eigenvalue weighted by atomic mass is 32.2. The number of hydrogen-bond donors (Lipinski definition) is 0. The van der Waals surface area contributed by atoms with E-state index in [1.54, 1.807) is 0 Å². The maximum Gasteiger partial charge on any atom is 0.166 e. The highest BCUT2D eigenvalue weighted by Gasteiger charge is 2.28. The van der Waals surface area contributed by atoms with Gasteiger partial charge in [0, 0.05) is 0 Å². The molecule has 0 aliphatic rings. The first-order chi connectivity index (χ1) is 12.1. The minimum absolute atomic E-state index is 0.0497. The molecule has 0 aliphatic heterocycles. The van der Waals surface area contributed by atoms with Gasteiger partial charge in [-0.3, -0.25) is 0 Å². The lowest BCUT2D eigenvalue weighted by Gasteiger charge is -2.19. The summed E-state index contributed by atoms with van der Waals surface area (Å²) in [7, 11) is -0.0497. The van der Waals surface area contributed by atoms with Gasteiger partial charge in [-0.2, -0.15) is 0 Å². The Morgan fingerprint density at radius 3 is 1.24 bits per heavy atom.